The molecule has 0 saturated carbocycles. The van der Waals surface area contributed by atoms with Gasteiger partial charge in [0.1, 0.15) is 0 Å². The van der Waals surface area contributed by atoms with Crippen molar-refractivity contribution in [2.24, 2.45) is 0 Å². The molecule has 1 saturated heterocycles. The third-order valence-electron chi connectivity index (χ3n) is 3.18. The van der Waals surface area contributed by atoms with Crippen LogP contribution in [-0.2, 0) is 11.3 Å². The predicted molar refractivity (Wildman–Crippen MR) is 67.3 cm³/mol. The monoisotopic (exact) mass is 236 g/mol. The van der Waals surface area contributed by atoms with Gasteiger partial charge in [0.15, 0.2) is 0 Å². The van der Waals surface area contributed by atoms with Crippen LogP contribution in [0.3, 0.4) is 0 Å². The van der Waals surface area contributed by atoms with E-state index < -0.39 is 0 Å². The summed E-state index contributed by atoms with van der Waals surface area (Å²) >= 11 is 0. The molecule has 1 aromatic rings. The molecule has 17 heavy (non-hydrogen) atoms. The van der Waals surface area contributed by atoms with Gasteiger partial charge in [-0.25, -0.2) is 0 Å². The normalized spacial score (nSPS) is 17.9. The Bertz CT molecular complexity index is 406. The first-order valence-corrected chi connectivity index (χ1v) is 6.23. The Hall–Kier alpha value is -1.13. The molecule has 0 N–H and O–H groups in total. The molecule has 4 nitrogen and oxygen atoms in total. The summed E-state index contributed by atoms with van der Waals surface area (Å²) in [7, 11) is 0. The zero-order valence-electron chi connectivity index (χ0n) is 10.4. The van der Waals surface area contributed by atoms with Crippen molar-refractivity contribution in [3.8, 4) is 0 Å². The van der Waals surface area contributed by atoms with Crippen LogP contribution >= 0.6 is 0 Å². The van der Waals surface area contributed by atoms with Gasteiger partial charge >= 0.3 is 0 Å². The quantitative estimate of drug-likeness (QED) is 0.781. The molecule has 0 aliphatic carbocycles. The maximum Gasteiger partial charge on any atom is 0.253 e. The molecular weight excluding hydrogens is 216 g/mol. The highest BCUT2D eigenvalue weighted by Crippen LogP contribution is 1.99. The summed E-state index contributed by atoms with van der Waals surface area (Å²) < 4.78 is 7.20. The molecule has 1 aliphatic rings. The van der Waals surface area contributed by atoms with Gasteiger partial charge in [-0.05, 0) is 19.4 Å². The lowest BCUT2D eigenvalue weighted by molar-refractivity contribution is 0.140. The first kappa shape index (κ1) is 12.3. The maximum atomic E-state index is 11.8. The smallest absolute Gasteiger partial charge is 0.253 e. The van der Waals surface area contributed by atoms with Crippen molar-refractivity contribution in [2.75, 3.05) is 32.8 Å². The first-order chi connectivity index (χ1) is 8.27. The summed E-state index contributed by atoms with van der Waals surface area (Å²) in [5.41, 5.74) is 0.935. The highest BCUT2D eigenvalue weighted by Gasteiger charge is 2.09. The van der Waals surface area contributed by atoms with E-state index in [2.05, 4.69) is 4.90 Å². The molecule has 0 radical (unpaired) electrons. The predicted octanol–water partition coefficient (Wildman–Crippen LogP) is 0.879. The van der Waals surface area contributed by atoms with Gasteiger partial charge in [-0.15, -0.1) is 0 Å². The fraction of sp³-hybridized carbons (Fsp3) is 0.615. The van der Waals surface area contributed by atoms with E-state index in [1.54, 1.807) is 4.57 Å². The molecule has 1 aromatic heterocycles. The maximum absolute atomic E-state index is 11.8. The molecule has 0 amide bonds. The van der Waals surface area contributed by atoms with Crippen molar-refractivity contribution in [1.29, 1.82) is 0 Å². The Morgan fingerprint density at radius 1 is 1.29 bits per heavy atom. The van der Waals surface area contributed by atoms with Crippen LogP contribution in [0.25, 0.3) is 0 Å². The molecule has 2 heterocycles. The molecule has 0 atom stereocenters. The van der Waals surface area contributed by atoms with Crippen LogP contribution in [-0.4, -0.2) is 42.3 Å². The van der Waals surface area contributed by atoms with Crippen molar-refractivity contribution < 1.29 is 4.74 Å². The lowest BCUT2D eigenvalue weighted by Crippen LogP contribution is -2.33. The van der Waals surface area contributed by atoms with Gasteiger partial charge in [-0.1, -0.05) is 6.07 Å². The van der Waals surface area contributed by atoms with Gasteiger partial charge in [0, 0.05) is 44.5 Å². The summed E-state index contributed by atoms with van der Waals surface area (Å²) in [6.45, 7) is 7.26. The molecule has 94 valence electrons. The van der Waals surface area contributed by atoms with Crippen molar-refractivity contribution in [1.82, 2.24) is 9.47 Å². The lowest BCUT2D eigenvalue weighted by atomic mass is 10.3. The van der Waals surface area contributed by atoms with Gasteiger partial charge in [-0.2, -0.15) is 0 Å². The standard InChI is InChI=1S/C13H20N2O2/c1-12-4-2-6-15(13(12)16)8-7-14-5-3-10-17-11-9-14/h2,4,6H,3,5,7-11H2,1H3. The summed E-state index contributed by atoms with van der Waals surface area (Å²) in [6.07, 6.45) is 2.95. The van der Waals surface area contributed by atoms with Gasteiger partial charge in [0.05, 0.1) is 6.61 Å². The minimum Gasteiger partial charge on any atom is -0.380 e. The van der Waals surface area contributed by atoms with E-state index in [0.717, 1.165) is 51.4 Å². The molecule has 0 spiro atoms. The molecule has 2 rings (SSSR count). The second-order valence-corrected chi connectivity index (χ2v) is 4.50. The Labute approximate surface area is 102 Å². The summed E-state index contributed by atoms with van der Waals surface area (Å²) in [4.78, 5) is 14.2. The van der Waals surface area contributed by atoms with E-state index in [0.29, 0.717) is 0 Å². The number of ether oxygens (including phenoxy) is 1. The van der Waals surface area contributed by atoms with E-state index in [-0.39, 0.29) is 5.56 Å². The highest BCUT2D eigenvalue weighted by atomic mass is 16.5. The van der Waals surface area contributed by atoms with Crippen LogP contribution in [0.15, 0.2) is 23.1 Å². The van der Waals surface area contributed by atoms with Crippen molar-refractivity contribution >= 4 is 0 Å². The Balaban J connectivity index is 1.92. The van der Waals surface area contributed by atoms with Gasteiger partial charge < -0.3 is 9.30 Å². The number of aromatic nitrogens is 1. The van der Waals surface area contributed by atoms with Gasteiger partial charge in [0.25, 0.3) is 5.56 Å². The van der Waals surface area contributed by atoms with E-state index in [9.17, 15) is 4.79 Å². The number of pyridine rings is 1. The van der Waals surface area contributed by atoms with E-state index in [4.69, 9.17) is 4.74 Å². The topological polar surface area (TPSA) is 34.5 Å². The minimum absolute atomic E-state index is 0.124. The number of hydrogen-bond acceptors (Lipinski definition) is 3. The molecule has 0 unspecified atom stereocenters. The minimum atomic E-state index is 0.124. The van der Waals surface area contributed by atoms with Crippen LogP contribution < -0.4 is 5.56 Å². The zero-order valence-corrected chi connectivity index (χ0v) is 10.4. The van der Waals surface area contributed by atoms with Crippen LogP contribution in [0.1, 0.15) is 12.0 Å². The number of rotatable bonds is 3. The fourth-order valence-electron chi connectivity index (χ4n) is 2.10. The SMILES string of the molecule is Cc1cccn(CCN2CCCOCC2)c1=O. The second-order valence-electron chi connectivity index (χ2n) is 4.50. The van der Waals surface area contributed by atoms with Crippen molar-refractivity contribution in [3.63, 3.8) is 0 Å². The third kappa shape index (κ3) is 3.41. The van der Waals surface area contributed by atoms with Crippen LogP contribution in [0, 0.1) is 6.92 Å². The van der Waals surface area contributed by atoms with Crippen molar-refractivity contribution in [3.05, 3.63) is 34.2 Å². The molecule has 0 bridgehead atoms. The Kier molecular flexibility index (Phi) is 4.34. The van der Waals surface area contributed by atoms with Gasteiger partial charge in [-0.3, -0.25) is 9.69 Å². The fourth-order valence-corrected chi connectivity index (χ4v) is 2.10. The molecular formula is C13H20N2O2. The third-order valence-corrected chi connectivity index (χ3v) is 3.18. The van der Waals surface area contributed by atoms with Crippen LogP contribution in [0.2, 0.25) is 0 Å². The molecule has 4 heteroatoms. The van der Waals surface area contributed by atoms with Gasteiger partial charge in [0.2, 0.25) is 0 Å². The van der Waals surface area contributed by atoms with Crippen molar-refractivity contribution in [2.45, 2.75) is 19.9 Å². The second kappa shape index (κ2) is 5.98. The number of aryl methyl sites for hydroxylation is 1. The summed E-state index contributed by atoms with van der Waals surface area (Å²) in [6, 6.07) is 3.79. The number of nitrogens with zero attached hydrogens (tertiary/aromatic N) is 2. The molecule has 0 aromatic carbocycles. The zero-order chi connectivity index (χ0) is 12.1. The lowest BCUT2D eigenvalue weighted by Gasteiger charge is -2.19. The van der Waals surface area contributed by atoms with E-state index >= 15 is 0 Å². The van der Waals surface area contributed by atoms with E-state index in [1.165, 1.54) is 0 Å². The summed E-state index contributed by atoms with van der Waals surface area (Å²) in [5, 5.41) is 0. The summed E-state index contributed by atoms with van der Waals surface area (Å²) in [5.74, 6) is 0. The number of hydrogen-bond donors (Lipinski definition) is 0. The molecule has 1 fully saturated rings. The molecule has 1 aliphatic heterocycles. The van der Waals surface area contributed by atoms with Crippen LogP contribution in [0.4, 0.5) is 0 Å². The highest BCUT2D eigenvalue weighted by molar-refractivity contribution is 5.07. The largest absolute Gasteiger partial charge is 0.380 e. The van der Waals surface area contributed by atoms with Crippen LogP contribution in [0.5, 0.6) is 0 Å². The first-order valence-electron chi connectivity index (χ1n) is 6.23. The average Bonchev–Trinajstić information content (AvgIpc) is 2.59. The Morgan fingerprint density at radius 3 is 3.06 bits per heavy atom. The average molecular weight is 236 g/mol. The van der Waals surface area contributed by atoms with E-state index in [1.807, 2.05) is 25.3 Å². The Morgan fingerprint density at radius 2 is 2.18 bits per heavy atom.